The Morgan fingerprint density at radius 1 is 1.25 bits per heavy atom. The number of nitrogens with one attached hydrogen (secondary N) is 1. The van der Waals surface area contributed by atoms with E-state index in [1.807, 2.05) is 12.1 Å². The van der Waals surface area contributed by atoms with Gasteiger partial charge in [-0.1, -0.05) is 25.5 Å². The second-order valence-electron chi connectivity index (χ2n) is 5.06. The van der Waals surface area contributed by atoms with Crippen LogP contribution in [-0.4, -0.2) is 34.2 Å². The zero-order chi connectivity index (χ0) is 15.2. The van der Waals surface area contributed by atoms with Gasteiger partial charge >= 0.3 is 5.97 Å². The van der Waals surface area contributed by atoms with Crippen molar-refractivity contribution in [2.24, 2.45) is 0 Å². The van der Waals surface area contributed by atoms with Gasteiger partial charge in [-0.3, -0.25) is 4.79 Å². The Kier molecular flexibility index (Phi) is 5.70. The Morgan fingerprint density at radius 2 is 1.85 bits per heavy atom. The Hall–Kier alpha value is -1.88. The highest BCUT2D eigenvalue weighted by Crippen LogP contribution is 2.08. The molecule has 0 radical (unpaired) electrons. The molecule has 0 aliphatic carbocycles. The van der Waals surface area contributed by atoms with E-state index in [9.17, 15) is 14.7 Å². The molecule has 0 fully saturated rings. The van der Waals surface area contributed by atoms with Gasteiger partial charge in [0.1, 0.15) is 0 Å². The van der Waals surface area contributed by atoms with Gasteiger partial charge in [-0.25, -0.2) is 4.79 Å². The van der Waals surface area contributed by atoms with Crippen LogP contribution in [0.2, 0.25) is 0 Å². The maximum Gasteiger partial charge on any atom is 0.337 e. The van der Waals surface area contributed by atoms with Gasteiger partial charge in [0.15, 0.2) is 5.60 Å². The SMILES string of the molecule is CCCCc1ccc(C(=O)NCC(C)(O)C(=O)O)cc1. The number of amides is 1. The van der Waals surface area contributed by atoms with E-state index in [2.05, 4.69) is 12.2 Å². The molecule has 0 bridgehead atoms. The molecule has 1 rings (SSSR count). The monoisotopic (exact) mass is 279 g/mol. The van der Waals surface area contributed by atoms with Crippen molar-refractivity contribution >= 4 is 11.9 Å². The molecule has 0 aliphatic heterocycles. The maximum atomic E-state index is 11.8. The summed E-state index contributed by atoms with van der Waals surface area (Å²) < 4.78 is 0. The topological polar surface area (TPSA) is 86.6 Å². The lowest BCUT2D eigenvalue weighted by atomic mass is 10.1. The quantitative estimate of drug-likeness (QED) is 0.707. The minimum atomic E-state index is -1.96. The van der Waals surface area contributed by atoms with E-state index in [0.29, 0.717) is 5.56 Å². The fourth-order valence-electron chi connectivity index (χ4n) is 1.63. The third-order valence-corrected chi connectivity index (χ3v) is 3.09. The van der Waals surface area contributed by atoms with E-state index in [-0.39, 0.29) is 6.54 Å². The van der Waals surface area contributed by atoms with Crippen LogP contribution in [0.4, 0.5) is 0 Å². The molecule has 0 aromatic heterocycles. The summed E-state index contributed by atoms with van der Waals surface area (Å²) in [7, 11) is 0. The third-order valence-electron chi connectivity index (χ3n) is 3.09. The van der Waals surface area contributed by atoms with Gasteiger partial charge in [0.25, 0.3) is 5.91 Å². The number of hydrogen-bond donors (Lipinski definition) is 3. The molecular formula is C15H21NO4. The normalized spacial score (nSPS) is 13.6. The lowest BCUT2D eigenvalue weighted by molar-refractivity contribution is -0.155. The summed E-state index contributed by atoms with van der Waals surface area (Å²) in [6.45, 7) is 2.93. The van der Waals surface area contributed by atoms with Gasteiger partial charge < -0.3 is 15.5 Å². The summed E-state index contributed by atoms with van der Waals surface area (Å²) in [6.07, 6.45) is 3.20. The summed E-state index contributed by atoms with van der Waals surface area (Å²) in [4.78, 5) is 22.5. The minimum Gasteiger partial charge on any atom is -0.479 e. The number of aryl methyl sites for hydroxylation is 1. The van der Waals surface area contributed by atoms with Crippen LogP contribution < -0.4 is 5.32 Å². The van der Waals surface area contributed by atoms with Crippen molar-refractivity contribution in [2.75, 3.05) is 6.54 Å². The van der Waals surface area contributed by atoms with Crippen molar-refractivity contribution in [3.05, 3.63) is 35.4 Å². The van der Waals surface area contributed by atoms with Gasteiger partial charge in [0.05, 0.1) is 6.54 Å². The molecule has 1 unspecified atom stereocenters. The number of aliphatic hydroxyl groups is 1. The average Bonchev–Trinajstić information content (AvgIpc) is 2.43. The highest BCUT2D eigenvalue weighted by atomic mass is 16.4. The number of rotatable bonds is 7. The molecule has 110 valence electrons. The summed E-state index contributed by atoms with van der Waals surface area (Å²) in [5.74, 6) is -1.76. The first kappa shape index (κ1) is 16.2. The molecule has 1 aromatic rings. The Morgan fingerprint density at radius 3 is 2.35 bits per heavy atom. The first-order chi connectivity index (χ1) is 9.36. The molecular weight excluding hydrogens is 258 g/mol. The van der Waals surface area contributed by atoms with Gasteiger partial charge in [-0.2, -0.15) is 0 Å². The van der Waals surface area contributed by atoms with Crippen molar-refractivity contribution in [3.63, 3.8) is 0 Å². The van der Waals surface area contributed by atoms with Gasteiger partial charge in [-0.15, -0.1) is 0 Å². The second-order valence-corrected chi connectivity index (χ2v) is 5.06. The minimum absolute atomic E-state index is 0.335. The highest BCUT2D eigenvalue weighted by molar-refractivity contribution is 5.94. The predicted molar refractivity (Wildman–Crippen MR) is 75.6 cm³/mol. The van der Waals surface area contributed by atoms with Crippen LogP contribution in [0, 0.1) is 0 Å². The number of carbonyl (C=O) groups is 2. The van der Waals surface area contributed by atoms with Crippen molar-refractivity contribution in [2.45, 2.75) is 38.7 Å². The molecule has 1 amide bonds. The third kappa shape index (κ3) is 4.66. The number of carboxylic acid groups (broad SMARTS) is 1. The number of hydrogen-bond acceptors (Lipinski definition) is 3. The molecule has 3 N–H and O–H groups in total. The predicted octanol–water partition coefficient (Wildman–Crippen LogP) is 1.59. The van der Waals surface area contributed by atoms with E-state index >= 15 is 0 Å². The van der Waals surface area contributed by atoms with Crippen LogP contribution in [0.5, 0.6) is 0 Å². The molecule has 0 saturated carbocycles. The zero-order valence-corrected chi connectivity index (χ0v) is 11.8. The van der Waals surface area contributed by atoms with E-state index < -0.39 is 17.5 Å². The summed E-state index contributed by atoms with van der Waals surface area (Å²) in [5, 5.41) is 20.7. The van der Waals surface area contributed by atoms with Gasteiger partial charge in [0, 0.05) is 5.56 Å². The van der Waals surface area contributed by atoms with Crippen LogP contribution in [0.3, 0.4) is 0 Å². The van der Waals surface area contributed by atoms with E-state index in [1.54, 1.807) is 12.1 Å². The molecule has 1 atom stereocenters. The van der Waals surface area contributed by atoms with E-state index in [1.165, 1.54) is 5.56 Å². The van der Waals surface area contributed by atoms with Crippen LogP contribution in [0.1, 0.15) is 42.6 Å². The Balaban J connectivity index is 2.58. The second kappa shape index (κ2) is 7.05. The van der Waals surface area contributed by atoms with Crippen LogP contribution >= 0.6 is 0 Å². The van der Waals surface area contributed by atoms with Gasteiger partial charge in [-0.05, 0) is 37.5 Å². The summed E-state index contributed by atoms with van der Waals surface area (Å²) in [5.41, 5.74) is -0.344. The lowest BCUT2D eigenvalue weighted by Gasteiger charge is -2.18. The number of carbonyl (C=O) groups excluding carboxylic acids is 1. The number of carboxylic acids is 1. The molecule has 5 nitrogen and oxygen atoms in total. The number of aliphatic carboxylic acids is 1. The molecule has 0 aliphatic rings. The van der Waals surface area contributed by atoms with Crippen molar-refractivity contribution < 1.29 is 19.8 Å². The van der Waals surface area contributed by atoms with Crippen LogP contribution in [0.15, 0.2) is 24.3 Å². The Labute approximate surface area is 118 Å². The molecule has 0 saturated heterocycles. The summed E-state index contributed by atoms with van der Waals surface area (Å²) in [6, 6.07) is 7.19. The van der Waals surface area contributed by atoms with Crippen LogP contribution in [0.25, 0.3) is 0 Å². The smallest absolute Gasteiger partial charge is 0.337 e. The Bertz CT molecular complexity index is 465. The largest absolute Gasteiger partial charge is 0.479 e. The number of unbranched alkanes of at least 4 members (excludes halogenated alkanes) is 1. The standard InChI is InChI=1S/C15H21NO4/c1-3-4-5-11-6-8-12(9-7-11)13(17)16-10-15(2,20)14(18)19/h6-9,20H,3-5,10H2,1-2H3,(H,16,17)(H,18,19). The molecule has 5 heteroatoms. The maximum absolute atomic E-state index is 11.8. The average molecular weight is 279 g/mol. The number of benzene rings is 1. The van der Waals surface area contributed by atoms with Crippen molar-refractivity contribution in [3.8, 4) is 0 Å². The fraction of sp³-hybridized carbons (Fsp3) is 0.467. The molecule has 0 spiro atoms. The van der Waals surface area contributed by atoms with E-state index in [4.69, 9.17) is 5.11 Å². The van der Waals surface area contributed by atoms with Crippen LogP contribution in [-0.2, 0) is 11.2 Å². The van der Waals surface area contributed by atoms with Crippen molar-refractivity contribution in [1.82, 2.24) is 5.32 Å². The van der Waals surface area contributed by atoms with Crippen molar-refractivity contribution in [1.29, 1.82) is 0 Å². The lowest BCUT2D eigenvalue weighted by Crippen LogP contribution is -2.46. The first-order valence-corrected chi connectivity index (χ1v) is 6.69. The summed E-state index contributed by atoms with van der Waals surface area (Å²) >= 11 is 0. The zero-order valence-electron chi connectivity index (χ0n) is 11.8. The fourth-order valence-corrected chi connectivity index (χ4v) is 1.63. The van der Waals surface area contributed by atoms with Gasteiger partial charge in [0.2, 0.25) is 0 Å². The van der Waals surface area contributed by atoms with E-state index in [0.717, 1.165) is 26.2 Å². The molecule has 1 aromatic carbocycles. The highest BCUT2D eigenvalue weighted by Gasteiger charge is 2.30. The first-order valence-electron chi connectivity index (χ1n) is 6.69. The molecule has 0 heterocycles. The molecule has 20 heavy (non-hydrogen) atoms.